The first-order valence-corrected chi connectivity index (χ1v) is 8.34. The molecule has 0 aliphatic carbocycles. The monoisotopic (exact) mass is 418 g/mol. The van der Waals surface area contributed by atoms with Gasteiger partial charge in [-0.1, -0.05) is 15.9 Å². The highest BCUT2D eigenvalue weighted by Crippen LogP contribution is 2.41. The van der Waals surface area contributed by atoms with Crippen molar-refractivity contribution in [2.45, 2.75) is 6.92 Å². The van der Waals surface area contributed by atoms with Crippen LogP contribution >= 0.6 is 15.9 Å². The summed E-state index contributed by atoms with van der Waals surface area (Å²) in [7, 11) is 0. The molecule has 26 heavy (non-hydrogen) atoms. The van der Waals surface area contributed by atoms with Gasteiger partial charge in [0.1, 0.15) is 35.7 Å². The van der Waals surface area contributed by atoms with Gasteiger partial charge >= 0.3 is 0 Å². The minimum Gasteiger partial charge on any atom is -0.490 e. The molecule has 8 nitrogen and oxygen atoms in total. The van der Waals surface area contributed by atoms with Crippen LogP contribution in [0.2, 0.25) is 0 Å². The van der Waals surface area contributed by atoms with E-state index in [0.717, 1.165) is 0 Å². The van der Waals surface area contributed by atoms with E-state index < -0.39 is 5.56 Å². The minimum atomic E-state index is -0.690. The van der Waals surface area contributed by atoms with Crippen LogP contribution in [0.15, 0.2) is 21.4 Å². The summed E-state index contributed by atoms with van der Waals surface area (Å²) in [5, 5.41) is 27.8. The van der Waals surface area contributed by atoms with Crippen molar-refractivity contribution in [3.05, 3.63) is 38.1 Å². The molecule has 0 fully saturated rings. The molecule has 2 aromatic rings. The summed E-state index contributed by atoms with van der Waals surface area (Å²) in [6, 6.07) is 6.87. The number of hydrogen-bond acceptors (Lipinski definition) is 7. The Labute approximate surface area is 157 Å². The Balaban J connectivity index is 2.81. The van der Waals surface area contributed by atoms with Crippen molar-refractivity contribution in [2.75, 3.05) is 25.6 Å². The number of halogens is 1. The molecule has 0 atom stereocenters. The third kappa shape index (κ3) is 3.64. The summed E-state index contributed by atoms with van der Waals surface area (Å²) in [6.07, 6.45) is 0. The van der Waals surface area contributed by atoms with Crippen LogP contribution in [0.1, 0.15) is 18.1 Å². The summed E-state index contributed by atoms with van der Waals surface area (Å²) >= 11 is 3.37. The maximum absolute atomic E-state index is 12.1. The molecule has 1 aromatic heterocycles. The first kappa shape index (κ1) is 19.3. The van der Waals surface area contributed by atoms with Crippen LogP contribution in [-0.4, -0.2) is 29.9 Å². The summed E-state index contributed by atoms with van der Waals surface area (Å²) in [4.78, 5) is 14.4. The number of hydrogen-bond donors (Lipinski definition) is 3. The average molecular weight is 419 g/mol. The highest BCUT2D eigenvalue weighted by atomic mass is 79.9. The molecule has 0 aliphatic heterocycles. The number of benzene rings is 1. The predicted octanol–water partition coefficient (Wildman–Crippen LogP) is 1.90. The summed E-state index contributed by atoms with van der Waals surface area (Å²) in [5.41, 5.74) is 5.30. The minimum absolute atomic E-state index is 0.0201. The van der Waals surface area contributed by atoms with Gasteiger partial charge in [0, 0.05) is 15.6 Å². The molecule has 1 heterocycles. The van der Waals surface area contributed by atoms with Crippen LogP contribution in [0.5, 0.6) is 11.5 Å². The number of nitrogens with zero attached hydrogens (tertiary/aromatic N) is 2. The number of aromatic amines is 1. The van der Waals surface area contributed by atoms with Crippen molar-refractivity contribution in [3.8, 4) is 34.8 Å². The number of aromatic nitrogens is 1. The molecule has 4 N–H and O–H groups in total. The molecule has 9 heteroatoms. The molecule has 0 unspecified atom stereocenters. The molecular weight excluding hydrogens is 404 g/mol. The van der Waals surface area contributed by atoms with E-state index in [1.54, 1.807) is 19.1 Å². The van der Waals surface area contributed by atoms with E-state index in [9.17, 15) is 15.3 Å². The first-order valence-electron chi connectivity index (χ1n) is 7.54. The van der Waals surface area contributed by atoms with E-state index in [-0.39, 0.29) is 35.7 Å². The molecule has 0 saturated heterocycles. The Kier molecular flexibility index (Phi) is 6.23. The Morgan fingerprint density at radius 1 is 1.23 bits per heavy atom. The predicted molar refractivity (Wildman–Crippen MR) is 97.8 cm³/mol. The van der Waals surface area contributed by atoms with Gasteiger partial charge in [0.2, 0.25) is 0 Å². The number of rotatable bonds is 6. The van der Waals surface area contributed by atoms with Gasteiger partial charge < -0.3 is 25.3 Å². The fourth-order valence-electron chi connectivity index (χ4n) is 2.38. The third-order valence-corrected chi connectivity index (χ3v) is 4.08. The van der Waals surface area contributed by atoms with Crippen LogP contribution in [-0.2, 0) is 0 Å². The van der Waals surface area contributed by atoms with Crippen LogP contribution < -0.4 is 20.8 Å². The van der Waals surface area contributed by atoms with Gasteiger partial charge in [-0.15, -0.1) is 0 Å². The number of nitrogens with one attached hydrogen (secondary N) is 1. The molecular formula is C17H15BrN4O4. The Morgan fingerprint density at radius 2 is 1.88 bits per heavy atom. The lowest BCUT2D eigenvalue weighted by Crippen LogP contribution is -2.16. The lowest BCUT2D eigenvalue weighted by atomic mass is 9.96. The van der Waals surface area contributed by atoms with E-state index in [4.69, 9.17) is 20.3 Å². The van der Waals surface area contributed by atoms with Gasteiger partial charge in [-0.2, -0.15) is 10.5 Å². The first-order chi connectivity index (χ1) is 12.5. The topological polar surface area (TPSA) is 145 Å². The van der Waals surface area contributed by atoms with E-state index >= 15 is 0 Å². The largest absolute Gasteiger partial charge is 0.490 e. The molecule has 0 amide bonds. The molecule has 0 radical (unpaired) electrons. The lowest BCUT2D eigenvalue weighted by molar-refractivity contribution is 0.194. The standard InChI is InChI=1S/C17H15BrN4O4/c1-2-25-13-5-9(12(18)6-14(13)26-4-3-23)15-10(7-19)16(21)22-17(24)11(15)8-20/h5-6,23H,2-4H2,1H3,(H3,21,22,24). The number of H-pyrrole nitrogens is 1. The van der Waals surface area contributed by atoms with E-state index in [1.165, 1.54) is 0 Å². The number of nitrogens with two attached hydrogens (primary N) is 1. The highest BCUT2D eigenvalue weighted by molar-refractivity contribution is 9.10. The van der Waals surface area contributed by atoms with Crippen LogP contribution in [0.4, 0.5) is 5.82 Å². The van der Waals surface area contributed by atoms with Gasteiger partial charge in [-0.3, -0.25) is 4.79 Å². The van der Waals surface area contributed by atoms with Crippen molar-refractivity contribution in [2.24, 2.45) is 0 Å². The van der Waals surface area contributed by atoms with Gasteiger partial charge in [-0.05, 0) is 19.1 Å². The van der Waals surface area contributed by atoms with Crippen molar-refractivity contribution in [3.63, 3.8) is 0 Å². The van der Waals surface area contributed by atoms with E-state index in [2.05, 4.69) is 20.9 Å². The Morgan fingerprint density at radius 3 is 2.46 bits per heavy atom. The van der Waals surface area contributed by atoms with Crippen LogP contribution in [0, 0.1) is 22.7 Å². The lowest BCUT2D eigenvalue weighted by Gasteiger charge is -2.16. The van der Waals surface area contributed by atoms with Gasteiger partial charge in [0.05, 0.1) is 13.2 Å². The smallest absolute Gasteiger partial charge is 0.268 e. The maximum Gasteiger partial charge on any atom is 0.268 e. The molecule has 0 saturated carbocycles. The zero-order chi connectivity index (χ0) is 19.3. The second kappa shape index (κ2) is 8.39. The number of anilines is 1. The van der Waals surface area contributed by atoms with Gasteiger partial charge in [-0.25, -0.2) is 0 Å². The maximum atomic E-state index is 12.1. The summed E-state index contributed by atoms with van der Waals surface area (Å²) in [6.45, 7) is 2.01. The third-order valence-electron chi connectivity index (χ3n) is 3.42. The number of ether oxygens (including phenoxy) is 2. The molecule has 1 aromatic carbocycles. The molecule has 0 bridgehead atoms. The zero-order valence-corrected chi connectivity index (χ0v) is 15.4. The number of nitriles is 2. The van der Waals surface area contributed by atoms with E-state index in [0.29, 0.717) is 28.1 Å². The number of pyridine rings is 1. The summed E-state index contributed by atoms with van der Waals surface area (Å²) in [5.74, 6) is 0.578. The second-order valence-electron chi connectivity index (χ2n) is 5.00. The zero-order valence-electron chi connectivity index (χ0n) is 13.8. The van der Waals surface area contributed by atoms with Crippen molar-refractivity contribution in [1.29, 1.82) is 10.5 Å². The van der Waals surface area contributed by atoms with Crippen molar-refractivity contribution in [1.82, 2.24) is 4.98 Å². The number of nitrogen functional groups attached to an aromatic ring is 1. The van der Waals surface area contributed by atoms with Gasteiger partial charge in [0.25, 0.3) is 5.56 Å². The fourth-order valence-corrected chi connectivity index (χ4v) is 2.90. The van der Waals surface area contributed by atoms with Gasteiger partial charge in [0.15, 0.2) is 11.5 Å². The molecule has 0 aliphatic rings. The molecule has 0 spiro atoms. The quantitative estimate of drug-likeness (QED) is 0.648. The average Bonchev–Trinajstić information content (AvgIpc) is 2.61. The second-order valence-corrected chi connectivity index (χ2v) is 5.85. The Hall–Kier alpha value is -3.01. The van der Waals surface area contributed by atoms with Crippen molar-refractivity contribution >= 4 is 21.7 Å². The SMILES string of the molecule is CCOc1cc(-c2c(C#N)c(N)[nH]c(=O)c2C#N)c(Br)cc1OCCO. The van der Waals surface area contributed by atoms with Crippen molar-refractivity contribution < 1.29 is 14.6 Å². The summed E-state index contributed by atoms with van der Waals surface area (Å²) < 4.78 is 11.5. The Bertz CT molecular complexity index is 973. The number of aliphatic hydroxyl groups excluding tert-OH is 1. The highest BCUT2D eigenvalue weighted by Gasteiger charge is 2.22. The molecule has 2 rings (SSSR count). The normalized spacial score (nSPS) is 10.0. The van der Waals surface area contributed by atoms with Crippen LogP contribution in [0.25, 0.3) is 11.1 Å². The van der Waals surface area contributed by atoms with Crippen LogP contribution in [0.3, 0.4) is 0 Å². The van der Waals surface area contributed by atoms with E-state index in [1.807, 2.05) is 12.1 Å². The fraction of sp³-hybridized carbons (Fsp3) is 0.235. The number of aliphatic hydroxyl groups is 1. The molecule has 134 valence electrons.